The number of alkyl halides is 3. The lowest BCUT2D eigenvalue weighted by Gasteiger charge is -2.25. The van der Waals surface area contributed by atoms with Gasteiger partial charge in [-0.1, -0.05) is 6.92 Å². The fourth-order valence-electron chi connectivity index (χ4n) is 2.24. The number of amides is 1. The molecule has 2 rings (SSSR count). The van der Waals surface area contributed by atoms with Crippen molar-refractivity contribution in [2.24, 2.45) is 0 Å². The van der Waals surface area contributed by atoms with E-state index in [0.717, 1.165) is 6.07 Å². The van der Waals surface area contributed by atoms with E-state index < -0.39 is 28.8 Å². The predicted octanol–water partition coefficient (Wildman–Crippen LogP) is 3.32. The van der Waals surface area contributed by atoms with Crippen LogP contribution in [0.5, 0.6) is 0 Å². The first-order valence-corrected chi connectivity index (χ1v) is 8.21. The highest BCUT2D eigenvalue weighted by Crippen LogP contribution is 2.33. The number of rotatable bonds is 5. The first-order valence-electron chi connectivity index (χ1n) is 7.42. The largest absolute Gasteiger partial charge is 0.417 e. The number of aliphatic hydroxyl groups is 1. The van der Waals surface area contributed by atoms with Crippen molar-refractivity contribution < 1.29 is 23.1 Å². The second-order valence-corrected chi connectivity index (χ2v) is 6.48. The molecule has 0 fully saturated rings. The van der Waals surface area contributed by atoms with Crippen molar-refractivity contribution >= 4 is 27.5 Å². The molecule has 2 N–H and O–H groups in total. The van der Waals surface area contributed by atoms with E-state index in [1.807, 2.05) is 0 Å². The van der Waals surface area contributed by atoms with Crippen LogP contribution in [0.1, 0.15) is 24.5 Å². The first-order chi connectivity index (χ1) is 12.1. The molecule has 0 unspecified atom stereocenters. The lowest BCUT2D eigenvalue weighted by atomic mass is 9.99. The average Bonchev–Trinajstić information content (AvgIpc) is 2.98. The molecule has 1 amide bonds. The third kappa shape index (κ3) is 4.42. The normalized spacial score (nSPS) is 13.7. The minimum absolute atomic E-state index is 0.0126. The summed E-state index contributed by atoms with van der Waals surface area (Å²) in [4.78, 5) is 12.4. The van der Waals surface area contributed by atoms with Crippen molar-refractivity contribution in [2.75, 3.05) is 5.32 Å². The van der Waals surface area contributed by atoms with E-state index in [-0.39, 0.29) is 18.7 Å². The third-order valence-electron chi connectivity index (χ3n) is 3.74. The Bertz CT molecular complexity index is 860. The highest BCUT2D eigenvalue weighted by atomic mass is 79.9. The number of nitrogens with one attached hydrogen (secondary N) is 1. The minimum Gasteiger partial charge on any atom is -0.378 e. The minimum atomic E-state index is -4.74. The number of nitrogens with zero attached hydrogens (tertiary/aromatic N) is 3. The van der Waals surface area contributed by atoms with Gasteiger partial charge >= 0.3 is 6.18 Å². The van der Waals surface area contributed by atoms with Crippen LogP contribution in [0.15, 0.2) is 35.1 Å². The van der Waals surface area contributed by atoms with E-state index in [1.165, 1.54) is 23.0 Å². The summed E-state index contributed by atoms with van der Waals surface area (Å²) >= 11 is 3.19. The van der Waals surface area contributed by atoms with E-state index >= 15 is 0 Å². The molecular weight excluding hydrogens is 417 g/mol. The Morgan fingerprint density at radius 2 is 2.15 bits per heavy atom. The Balaban J connectivity index is 2.26. The SMILES string of the molecule is CC[C@](O)(Cn1cc(Br)cn1)C(=O)Nc1ccc(C#N)c(C(F)(F)F)c1. The number of hydrogen-bond donors (Lipinski definition) is 2. The molecule has 2 aromatic rings. The summed E-state index contributed by atoms with van der Waals surface area (Å²) in [6, 6.07) is 4.26. The predicted molar refractivity (Wildman–Crippen MR) is 90.0 cm³/mol. The highest BCUT2D eigenvalue weighted by molar-refractivity contribution is 9.10. The molecule has 0 saturated carbocycles. The standard InChI is InChI=1S/C16H14BrF3N4O2/c1-2-15(26,9-24-8-11(17)7-22-24)14(25)23-12-4-3-10(6-21)13(5-12)16(18,19)20/h3-5,7-8,26H,2,9H2,1H3,(H,23,25)/t15-/m0/s1. The molecule has 0 bridgehead atoms. The lowest BCUT2D eigenvalue weighted by Crippen LogP contribution is -2.46. The molecular formula is C16H14BrF3N4O2. The second-order valence-electron chi connectivity index (χ2n) is 5.57. The molecule has 1 aromatic heterocycles. The Labute approximate surface area is 155 Å². The lowest BCUT2D eigenvalue weighted by molar-refractivity contribution is -0.138. The van der Waals surface area contributed by atoms with E-state index in [0.29, 0.717) is 10.5 Å². The van der Waals surface area contributed by atoms with E-state index in [9.17, 15) is 23.1 Å². The molecule has 26 heavy (non-hydrogen) atoms. The van der Waals surface area contributed by atoms with E-state index in [4.69, 9.17) is 5.26 Å². The van der Waals surface area contributed by atoms with Gasteiger partial charge in [0.25, 0.3) is 5.91 Å². The number of nitriles is 1. The third-order valence-corrected chi connectivity index (χ3v) is 4.15. The van der Waals surface area contributed by atoms with Gasteiger partial charge in [0.2, 0.25) is 0 Å². The molecule has 0 saturated heterocycles. The highest BCUT2D eigenvalue weighted by Gasteiger charge is 2.37. The van der Waals surface area contributed by atoms with Gasteiger partial charge in [-0.25, -0.2) is 0 Å². The van der Waals surface area contributed by atoms with Crippen molar-refractivity contribution in [3.63, 3.8) is 0 Å². The maximum absolute atomic E-state index is 13.0. The molecule has 0 aliphatic carbocycles. The number of aromatic nitrogens is 2. The Kier molecular flexibility index (Phi) is 5.73. The second kappa shape index (κ2) is 7.47. The molecule has 6 nitrogen and oxygen atoms in total. The quantitative estimate of drug-likeness (QED) is 0.760. The molecule has 0 spiro atoms. The van der Waals surface area contributed by atoms with E-state index in [1.54, 1.807) is 13.1 Å². The van der Waals surface area contributed by atoms with Crippen LogP contribution in [0.25, 0.3) is 0 Å². The Morgan fingerprint density at radius 3 is 2.65 bits per heavy atom. The topological polar surface area (TPSA) is 90.9 Å². The molecule has 0 aliphatic heterocycles. The molecule has 138 valence electrons. The molecule has 0 radical (unpaired) electrons. The number of hydrogen-bond acceptors (Lipinski definition) is 4. The molecule has 0 aliphatic rings. The van der Waals surface area contributed by atoms with Crippen molar-refractivity contribution in [1.29, 1.82) is 5.26 Å². The van der Waals surface area contributed by atoms with Gasteiger partial charge in [0.05, 0.1) is 34.4 Å². The smallest absolute Gasteiger partial charge is 0.378 e. The average molecular weight is 431 g/mol. The number of benzene rings is 1. The van der Waals surface area contributed by atoms with Gasteiger partial charge in [-0.3, -0.25) is 9.48 Å². The number of halogens is 4. The zero-order valence-electron chi connectivity index (χ0n) is 13.5. The van der Waals surface area contributed by atoms with Crippen molar-refractivity contribution in [2.45, 2.75) is 31.7 Å². The van der Waals surface area contributed by atoms with Crippen molar-refractivity contribution in [3.8, 4) is 6.07 Å². The number of carbonyl (C=O) groups is 1. The van der Waals surface area contributed by atoms with Crippen LogP contribution in [0.4, 0.5) is 18.9 Å². The van der Waals surface area contributed by atoms with Crippen LogP contribution in [-0.4, -0.2) is 26.4 Å². The van der Waals surface area contributed by atoms with Crippen LogP contribution >= 0.6 is 15.9 Å². The molecule has 10 heteroatoms. The summed E-state index contributed by atoms with van der Waals surface area (Å²) < 4.78 is 41.0. The van der Waals surface area contributed by atoms with Gasteiger partial charge in [-0.15, -0.1) is 0 Å². The molecule has 1 heterocycles. The van der Waals surface area contributed by atoms with Gasteiger partial charge in [-0.05, 0) is 40.5 Å². The summed E-state index contributed by atoms with van der Waals surface area (Å²) in [5.74, 6) is -0.871. The zero-order chi connectivity index (χ0) is 19.5. The Morgan fingerprint density at radius 1 is 1.46 bits per heavy atom. The summed E-state index contributed by atoms with van der Waals surface area (Å²) in [6.45, 7) is 1.39. The van der Waals surface area contributed by atoms with Gasteiger partial charge < -0.3 is 10.4 Å². The summed E-state index contributed by atoms with van der Waals surface area (Å²) in [6.07, 6.45) is -1.70. The maximum atomic E-state index is 13.0. The maximum Gasteiger partial charge on any atom is 0.417 e. The molecule has 1 atom stereocenters. The fraction of sp³-hybridized carbons (Fsp3) is 0.312. The van der Waals surface area contributed by atoms with Crippen LogP contribution in [-0.2, 0) is 17.5 Å². The Hall–Kier alpha value is -2.38. The number of carbonyl (C=O) groups excluding carboxylic acids is 1. The van der Waals surface area contributed by atoms with E-state index in [2.05, 4.69) is 26.3 Å². The monoisotopic (exact) mass is 430 g/mol. The first kappa shape index (κ1) is 19.9. The van der Waals surface area contributed by atoms with Crippen LogP contribution < -0.4 is 5.32 Å². The van der Waals surface area contributed by atoms with Crippen molar-refractivity contribution in [1.82, 2.24) is 9.78 Å². The number of anilines is 1. The van der Waals surface area contributed by atoms with Gasteiger partial charge in [0, 0.05) is 11.9 Å². The summed E-state index contributed by atoms with van der Waals surface area (Å²) in [5.41, 5.74) is -3.76. The van der Waals surface area contributed by atoms with Crippen LogP contribution in [0, 0.1) is 11.3 Å². The molecule has 1 aromatic carbocycles. The summed E-state index contributed by atoms with van der Waals surface area (Å²) in [5, 5.41) is 25.6. The van der Waals surface area contributed by atoms with Crippen molar-refractivity contribution in [3.05, 3.63) is 46.2 Å². The summed E-state index contributed by atoms with van der Waals surface area (Å²) in [7, 11) is 0. The van der Waals surface area contributed by atoms with Gasteiger partial charge in [-0.2, -0.15) is 23.5 Å². The van der Waals surface area contributed by atoms with Crippen LogP contribution in [0.2, 0.25) is 0 Å². The van der Waals surface area contributed by atoms with Gasteiger partial charge in [0.1, 0.15) is 0 Å². The fourth-order valence-corrected chi connectivity index (χ4v) is 2.57. The van der Waals surface area contributed by atoms with Gasteiger partial charge in [0.15, 0.2) is 5.60 Å². The van der Waals surface area contributed by atoms with Crippen LogP contribution in [0.3, 0.4) is 0 Å². The zero-order valence-corrected chi connectivity index (χ0v) is 15.1.